The maximum Gasteiger partial charge on any atom is 0.0148 e. The molecule has 2 unspecified atom stereocenters. The maximum absolute atomic E-state index is 4.02. The number of nitrogens with zero attached hydrogens (tertiary/aromatic N) is 1. The molecule has 0 aromatic heterocycles. The van der Waals surface area contributed by atoms with E-state index in [4.69, 9.17) is 0 Å². The van der Waals surface area contributed by atoms with Gasteiger partial charge < -0.3 is 10.2 Å². The van der Waals surface area contributed by atoms with Crippen LogP contribution in [-0.4, -0.2) is 48.1 Å². The van der Waals surface area contributed by atoms with Gasteiger partial charge in [-0.05, 0) is 75.3 Å². The van der Waals surface area contributed by atoms with E-state index < -0.39 is 0 Å². The van der Waals surface area contributed by atoms with Crippen molar-refractivity contribution in [1.29, 1.82) is 0 Å². The van der Waals surface area contributed by atoms with Crippen molar-refractivity contribution in [3.8, 4) is 0 Å². The van der Waals surface area contributed by atoms with Gasteiger partial charge in [0, 0.05) is 25.2 Å². The minimum absolute atomic E-state index is 0.731. The average molecular weight is 297 g/mol. The topological polar surface area (TPSA) is 15.3 Å². The Balaban J connectivity index is 1.53. The largest absolute Gasteiger partial charge is 0.313 e. The minimum atomic E-state index is 0.731. The van der Waals surface area contributed by atoms with Crippen LogP contribution in [0.4, 0.5) is 0 Å². The van der Waals surface area contributed by atoms with Crippen molar-refractivity contribution < 1.29 is 0 Å². The molecule has 0 spiro atoms. The second-order valence-electron chi connectivity index (χ2n) is 7.49. The second-order valence-corrected chi connectivity index (χ2v) is 8.71. The van der Waals surface area contributed by atoms with E-state index in [0.29, 0.717) is 0 Å². The molecule has 0 radical (unpaired) electrons. The SMILES string of the molecule is CC(C)N1CC2CCCC(C1)C2NCC1CCSCC1. The number of thioether (sulfide) groups is 1. The molecule has 2 bridgehead atoms. The maximum atomic E-state index is 4.02. The number of rotatable bonds is 4. The highest BCUT2D eigenvalue weighted by Gasteiger charge is 2.39. The predicted octanol–water partition coefficient (Wildman–Crippen LogP) is 3.23. The van der Waals surface area contributed by atoms with Gasteiger partial charge in [-0.3, -0.25) is 0 Å². The molecule has 0 amide bonds. The molecule has 3 fully saturated rings. The first kappa shape index (κ1) is 15.2. The Bertz CT molecular complexity index is 287. The first-order valence-corrected chi connectivity index (χ1v) is 9.94. The molecule has 20 heavy (non-hydrogen) atoms. The fraction of sp³-hybridized carbons (Fsp3) is 1.00. The fourth-order valence-electron chi connectivity index (χ4n) is 4.48. The Morgan fingerprint density at radius 3 is 2.30 bits per heavy atom. The summed E-state index contributed by atoms with van der Waals surface area (Å²) < 4.78 is 0. The molecule has 3 aliphatic rings. The highest BCUT2D eigenvalue weighted by atomic mass is 32.2. The summed E-state index contributed by atoms with van der Waals surface area (Å²) in [4.78, 5) is 2.73. The van der Waals surface area contributed by atoms with Crippen LogP contribution in [-0.2, 0) is 0 Å². The quantitative estimate of drug-likeness (QED) is 0.857. The number of hydrogen-bond donors (Lipinski definition) is 1. The predicted molar refractivity (Wildman–Crippen MR) is 89.4 cm³/mol. The van der Waals surface area contributed by atoms with Gasteiger partial charge in [0.1, 0.15) is 0 Å². The van der Waals surface area contributed by atoms with Gasteiger partial charge in [0.05, 0.1) is 0 Å². The van der Waals surface area contributed by atoms with Crippen molar-refractivity contribution >= 4 is 11.8 Å². The third-order valence-electron chi connectivity index (χ3n) is 5.82. The molecular weight excluding hydrogens is 264 g/mol. The molecule has 2 heterocycles. The molecule has 2 aliphatic heterocycles. The van der Waals surface area contributed by atoms with Gasteiger partial charge >= 0.3 is 0 Å². The molecule has 2 saturated heterocycles. The first-order chi connectivity index (χ1) is 9.74. The Morgan fingerprint density at radius 2 is 1.70 bits per heavy atom. The molecule has 0 aromatic rings. The number of likely N-dealkylation sites (tertiary alicyclic amines) is 1. The van der Waals surface area contributed by atoms with Gasteiger partial charge in [-0.1, -0.05) is 6.42 Å². The van der Waals surface area contributed by atoms with Gasteiger partial charge in [0.15, 0.2) is 0 Å². The lowest BCUT2D eigenvalue weighted by Gasteiger charge is -2.49. The van der Waals surface area contributed by atoms with E-state index in [1.807, 2.05) is 0 Å². The Hall–Kier alpha value is 0.270. The van der Waals surface area contributed by atoms with E-state index in [1.54, 1.807) is 0 Å². The molecule has 116 valence electrons. The number of fused-ring (bicyclic) bond motifs is 2. The molecule has 0 aromatic carbocycles. The molecule has 2 nitrogen and oxygen atoms in total. The summed E-state index contributed by atoms with van der Waals surface area (Å²) in [6.45, 7) is 8.70. The van der Waals surface area contributed by atoms with Crippen LogP contribution in [0.25, 0.3) is 0 Å². The van der Waals surface area contributed by atoms with Crippen molar-refractivity contribution in [2.24, 2.45) is 17.8 Å². The summed E-state index contributed by atoms with van der Waals surface area (Å²) in [5.74, 6) is 5.58. The third kappa shape index (κ3) is 3.53. The number of nitrogens with one attached hydrogen (secondary N) is 1. The zero-order valence-electron chi connectivity index (χ0n) is 13.3. The van der Waals surface area contributed by atoms with Gasteiger partial charge in [-0.15, -0.1) is 0 Å². The molecular formula is C17H32N2S. The number of hydrogen-bond acceptors (Lipinski definition) is 3. The molecule has 2 atom stereocenters. The average Bonchev–Trinajstić information content (AvgIpc) is 2.45. The summed E-state index contributed by atoms with van der Waals surface area (Å²) in [5, 5.41) is 4.02. The van der Waals surface area contributed by atoms with E-state index in [9.17, 15) is 0 Å². The summed E-state index contributed by atoms with van der Waals surface area (Å²) >= 11 is 2.15. The lowest BCUT2D eigenvalue weighted by molar-refractivity contribution is 0.0280. The van der Waals surface area contributed by atoms with E-state index in [0.717, 1.165) is 29.8 Å². The second kappa shape index (κ2) is 7.02. The van der Waals surface area contributed by atoms with E-state index in [1.165, 1.54) is 63.2 Å². The van der Waals surface area contributed by atoms with Crippen LogP contribution < -0.4 is 5.32 Å². The molecule has 3 heteroatoms. The van der Waals surface area contributed by atoms with Crippen molar-refractivity contribution in [3.05, 3.63) is 0 Å². The van der Waals surface area contributed by atoms with Crippen molar-refractivity contribution in [2.75, 3.05) is 31.1 Å². The Kier molecular flexibility index (Phi) is 5.33. The van der Waals surface area contributed by atoms with Gasteiger partial charge in [0.2, 0.25) is 0 Å². The van der Waals surface area contributed by atoms with Crippen LogP contribution in [0.2, 0.25) is 0 Å². The van der Waals surface area contributed by atoms with Crippen LogP contribution in [0.5, 0.6) is 0 Å². The highest BCUT2D eigenvalue weighted by molar-refractivity contribution is 7.99. The highest BCUT2D eigenvalue weighted by Crippen LogP contribution is 2.36. The smallest absolute Gasteiger partial charge is 0.0148 e. The van der Waals surface area contributed by atoms with Crippen LogP contribution in [0.1, 0.15) is 46.0 Å². The van der Waals surface area contributed by atoms with Crippen LogP contribution >= 0.6 is 11.8 Å². The zero-order chi connectivity index (χ0) is 13.9. The summed E-state index contributed by atoms with van der Waals surface area (Å²) in [6, 6.07) is 1.56. The summed E-state index contributed by atoms with van der Waals surface area (Å²) in [7, 11) is 0. The standard InChI is InChI=1S/C17H32N2S/c1-13(2)19-11-15-4-3-5-16(12-19)17(15)18-10-14-6-8-20-9-7-14/h13-18H,3-12H2,1-2H3. The lowest BCUT2D eigenvalue weighted by Crippen LogP contribution is -2.58. The fourth-order valence-corrected chi connectivity index (χ4v) is 5.69. The van der Waals surface area contributed by atoms with Crippen molar-refractivity contribution in [3.63, 3.8) is 0 Å². The van der Waals surface area contributed by atoms with Crippen LogP contribution in [0.3, 0.4) is 0 Å². The minimum Gasteiger partial charge on any atom is -0.313 e. The zero-order valence-corrected chi connectivity index (χ0v) is 14.1. The molecule has 1 saturated carbocycles. The van der Waals surface area contributed by atoms with Gasteiger partial charge in [-0.25, -0.2) is 0 Å². The lowest BCUT2D eigenvalue weighted by atomic mass is 9.73. The molecule has 1 N–H and O–H groups in total. The molecule has 1 aliphatic carbocycles. The number of piperidine rings is 1. The van der Waals surface area contributed by atoms with Gasteiger partial charge in [-0.2, -0.15) is 11.8 Å². The van der Waals surface area contributed by atoms with Crippen molar-refractivity contribution in [2.45, 2.75) is 58.0 Å². The summed E-state index contributed by atoms with van der Waals surface area (Å²) in [6.07, 6.45) is 7.27. The van der Waals surface area contributed by atoms with E-state index >= 15 is 0 Å². The summed E-state index contributed by atoms with van der Waals surface area (Å²) in [5.41, 5.74) is 0. The van der Waals surface area contributed by atoms with Gasteiger partial charge in [0.25, 0.3) is 0 Å². The first-order valence-electron chi connectivity index (χ1n) is 8.79. The van der Waals surface area contributed by atoms with E-state index in [2.05, 4.69) is 35.8 Å². The normalized spacial score (nSPS) is 36.5. The Morgan fingerprint density at radius 1 is 1.05 bits per heavy atom. The van der Waals surface area contributed by atoms with Crippen LogP contribution in [0.15, 0.2) is 0 Å². The monoisotopic (exact) mass is 296 g/mol. The van der Waals surface area contributed by atoms with E-state index in [-0.39, 0.29) is 0 Å². The molecule has 3 rings (SSSR count). The Labute approximate surface area is 129 Å². The van der Waals surface area contributed by atoms with Crippen LogP contribution in [0, 0.1) is 17.8 Å². The third-order valence-corrected chi connectivity index (χ3v) is 6.87. The van der Waals surface area contributed by atoms with Crippen molar-refractivity contribution in [1.82, 2.24) is 10.2 Å².